The maximum atomic E-state index is 5.75. The van der Waals surface area contributed by atoms with E-state index in [9.17, 15) is 0 Å². The lowest BCUT2D eigenvalue weighted by atomic mass is 9.89. The van der Waals surface area contributed by atoms with Crippen LogP contribution in [0, 0.1) is 5.92 Å². The number of hydrogen-bond donors (Lipinski definition) is 2. The molecule has 1 saturated carbocycles. The predicted octanol–water partition coefficient (Wildman–Crippen LogP) is 1.12. The summed E-state index contributed by atoms with van der Waals surface area (Å²) in [5.74, 6) is 6.29. The fourth-order valence-corrected chi connectivity index (χ4v) is 2.04. The van der Waals surface area contributed by atoms with Crippen molar-refractivity contribution in [1.29, 1.82) is 0 Å². The van der Waals surface area contributed by atoms with Crippen LogP contribution in [0.25, 0.3) is 0 Å². The lowest BCUT2D eigenvalue weighted by molar-refractivity contribution is 0.122. The summed E-state index contributed by atoms with van der Waals surface area (Å²) < 4.78 is 10.7. The summed E-state index contributed by atoms with van der Waals surface area (Å²) in [6.07, 6.45) is 4.57. The molecule has 0 spiro atoms. The van der Waals surface area contributed by atoms with Crippen LogP contribution in [0.1, 0.15) is 32.6 Å². The second-order valence-electron chi connectivity index (χ2n) is 4.57. The van der Waals surface area contributed by atoms with Crippen molar-refractivity contribution in [3.05, 3.63) is 0 Å². The Hall–Kier alpha value is -1.63. The normalized spacial score (nSPS) is 23.5. The summed E-state index contributed by atoms with van der Waals surface area (Å²) >= 11 is 0. The first-order valence-electron chi connectivity index (χ1n) is 6.14. The first kappa shape index (κ1) is 12.8. The lowest BCUT2D eigenvalue weighted by Gasteiger charge is -2.25. The molecule has 0 saturated heterocycles. The minimum Gasteiger partial charge on any atom is -0.467 e. The molecule has 1 heterocycles. The average molecular weight is 253 g/mol. The zero-order valence-electron chi connectivity index (χ0n) is 10.7. The zero-order valence-corrected chi connectivity index (χ0v) is 10.7. The molecule has 100 valence electrons. The lowest BCUT2D eigenvalue weighted by Crippen LogP contribution is -2.24. The first-order chi connectivity index (χ1) is 8.71. The van der Waals surface area contributed by atoms with E-state index >= 15 is 0 Å². The number of ether oxygens (including phenoxy) is 2. The van der Waals surface area contributed by atoms with Gasteiger partial charge in [0.1, 0.15) is 6.10 Å². The molecule has 0 aromatic carbocycles. The number of aromatic nitrogens is 3. The molecule has 18 heavy (non-hydrogen) atoms. The number of nitrogens with zero attached hydrogens (tertiary/aromatic N) is 3. The first-order valence-corrected chi connectivity index (χ1v) is 6.14. The molecule has 2 rings (SSSR count). The standard InChI is InChI=1S/C11H19N5O2/c1-7-3-5-8(6-4-7)18-11-14-9(16-12)13-10(15-11)17-2/h7-8H,3-6,12H2,1-2H3,(H,13,14,15,16). The van der Waals surface area contributed by atoms with Crippen LogP contribution < -0.4 is 20.7 Å². The van der Waals surface area contributed by atoms with Gasteiger partial charge in [0.05, 0.1) is 7.11 Å². The van der Waals surface area contributed by atoms with Crippen molar-refractivity contribution in [2.24, 2.45) is 11.8 Å². The molecule has 3 N–H and O–H groups in total. The molecule has 7 nitrogen and oxygen atoms in total. The highest BCUT2D eigenvalue weighted by atomic mass is 16.5. The summed E-state index contributed by atoms with van der Waals surface area (Å²) in [7, 11) is 1.49. The molecule has 1 aliphatic rings. The highest BCUT2D eigenvalue weighted by molar-refractivity contribution is 5.25. The summed E-state index contributed by atoms with van der Waals surface area (Å²) in [5, 5.41) is 0. The van der Waals surface area contributed by atoms with Crippen LogP contribution in [0.4, 0.5) is 5.95 Å². The SMILES string of the molecule is COc1nc(NN)nc(OC2CCC(C)CC2)n1. The fraction of sp³-hybridized carbons (Fsp3) is 0.727. The molecule has 7 heteroatoms. The van der Waals surface area contributed by atoms with Gasteiger partial charge >= 0.3 is 12.0 Å². The van der Waals surface area contributed by atoms with Crippen LogP contribution in [0.5, 0.6) is 12.0 Å². The molecule has 1 aromatic rings. The number of hydrogen-bond acceptors (Lipinski definition) is 7. The van der Waals surface area contributed by atoms with Crippen molar-refractivity contribution >= 4 is 5.95 Å². The second kappa shape index (κ2) is 5.81. The molecule has 1 aromatic heterocycles. The van der Waals surface area contributed by atoms with E-state index in [2.05, 4.69) is 27.3 Å². The number of nitrogens with two attached hydrogens (primary N) is 1. The van der Waals surface area contributed by atoms with Crippen LogP contribution in [0.2, 0.25) is 0 Å². The second-order valence-corrected chi connectivity index (χ2v) is 4.57. The van der Waals surface area contributed by atoms with E-state index in [0.29, 0.717) is 0 Å². The third kappa shape index (κ3) is 3.19. The van der Waals surface area contributed by atoms with E-state index in [-0.39, 0.29) is 24.1 Å². The van der Waals surface area contributed by atoms with E-state index in [1.54, 1.807) is 0 Å². The quantitative estimate of drug-likeness (QED) is 0.613. The average Bonchev–Trinajstić information content (AvgIpc) is 2.41. The van der Waals surface area contributed by atoms with E-state index in [1.165, 1.54) is 20.0 Å². The number of anilines is 1. The van der Waals surface area contributed by atoms with Gasteiger partial charge in [-0.25, -0.2) is 5.84 Å². The van der Waals surface area contributed by atoms with Gasteiger partial charge in [-0.2, -0.15) is 9.97 Å². The highest BCUT2D eigenvalue weighted by Gasteiger charge is 2.21. The molecular formula is C11H19N5O2. The number of methoxy groups -OCH3 is 1. The van der Waals surface area contributed by atoms with Crippen LogP contribution in [0.3, 0.4) is 0 Å². The summed E-state index contributed by atoms with van der Waals surface area (Å²) in [4.78, 5) is 12.0. The summed E-state index contributed by atoms with van der Waals surface area (Å²) in [5.41, 5.74) is 2.36. The van der Waals surface area contributed by atoms with Crippen molar-refractivity contribution in [2.75, 3.05) is 12.5 Å². The van der Waals surface area contributed by atoms with Gasteiger partial charge in [0.25, 0.3) is 0 Å². The largest absolute Gasteiger partial charge is 0.467 e. The molecule has 0 unspecified atom stereocenters. The third-order valence-corrected chi connectivity index (χ3v) is 3.14. The molecular weight excluding hydrogens is 234 g/mol. The maximum Gasteiger partial charge on any atom is 0.324 e. The minimum absolute atomic E-state index is 0.166. The van der Waals surface area contributed by atoms with Gasteiger partial charge in [-0.15, -0.1) is 4.98 Å². The Labute approximate surface area is 106 Å². The van der Waals surface area contributed by atoms with E-state index in [4.69, 9.17) is 15.3 Å². The molecule has 0 atom stereocenters. The Morgan fingerprint density at radius 3 is 2.39 bits per heavy atom. The van der Waals surface area contributed by atoms with Crippen molar-refractivity contribution in [3.8, 4) is 12.0 Å². The van der Waals surface area contributed by atoms with Gasteiger partial charge in [-0.05, 0) is 31.6 Å². The van der Waals surface area contributed by atoms with Crippen LogP contribution in [0.15, 0.2) is 0 Å². The van der Waals surface area contributed by atoms with Gasteiger partial charge in [-0.3, -0.25) is 5.43 Å². The Kier molecular flexibility index (Phi) is 4.14. The topological polar surface area (TPSA) is 95.2 Å². The summed E-state index contributed by atoms with van der Waals surface area (Å²) in [6.45, 7) is 2.26. The van der Waals surface area contributed by atoms with Crippen LogP contribution in [-0.4, -0.2) is 28.2 Å². The van der Waals surface area contributed by atoms with Crippen molar-refractivity contribution in [3.63, 3.8) is 0 Å². The predicted molar refractivity (Wildman–Crippen MR) is 66.2 cm³/mol. The molecule has 0 amide bonds. The maximum absolute atomic E-state index is 5.75. The van der Waals surface area contributed by atoms with Crippen LogP contribution in [-0.2, 0) is 0 Å². The van der Waals surface area contributed by atoms with Crippen molar-refractivity contribution in [1.82, 2.24) is 15.0 Å². The van der Waals surface area contributed by atoms with E-state index in [0.717, 1.165) is 18.8 Å². The number of nitrogens with one attached hydrogen (secondary N) is 1. The Bertz CT molecular complexity index is 371. The molecule has 0 aliphatic heterocycles. The highest BCUT2D eigenvalue weighted by Crippen LogP contribution is 2.26. The number of nitrogen functional groups attached to an aromatic ring is 1. The summed E-state index contributed by atoms with van der Waals surface area (Å²) in [6, 6.07) is 0.450. The third-order valence-electron chi connectivity index (χ3n) is 3.14. The van der Waals surface area contributed by atoms with Gasteiger partial charge in [-0.1, -0.05) is 6.92 Å². The molecule has 1 fully saturated rings. The zero-order chi connectivity index (χ0) is 13.0. The van der Waals surface area contributed by atoms with Gasteiger partial charge in [0, 0.05) is 0 Å². The van der Waals surface area contributed by atoms with Crippen LogP contribution >= 0.6 is 0 Å². The molecule has 1 aliphatic carbocycles. The monoisotopic (exact) mass is 253 g/mol. The molecule has 0 bridgehead atoms. The minimum atomic E-state index is 0.166. The van der Waals surface area contributed by atoms with Gasteiger partial charge < -0.3 is 9.47 Å². The Balaban J connectivity index is 2.03. The van der Waals surface area contributed by atoms with E-state index < -0.39 is 0 Å². The Morgan fingerprint density at radius 1 is 1.11 bits per heavy atom. The smallest absolute Gasteiger partial charge is 0.324 e. The fourth-order valence-electron chi connectivity index (χ4n) is 2.04. The number of rotatable bonds is 4. The molecule has 0 radical (unpaired) electrons. The Morgan fingerprint density at radius 2 is 1.78 bits per heavy atom. The van der Waals surface area contributed by atoms with Gasteiger partial charge in [0.2, 0.25) is 5.95 Å². The van der Waals surface area contributed by atoms with Crippen molar-refractivity contribution in [2.45, 2.75) is 38.7 Å². The van der Waals surface area contributed by atoms with E-state index in [1.807, 2.05) is 0 Å². The van der Waals surface area contributed by atoms with Crippen molar-refractivity contribution < 1.29 is 9.47 Å². The van der Waals surface area contributed by atoms with Gasteiger partial charge in [0.15, 0.2) is 0 Å². The number of hydrazine groups is 1.